The Morgan fingerprint density at radius 2 is 1.59 bits per heavy atom. The number of aryl methyl sites for hydroxylation is 3. The Kier molecular flexibility index (Phi) is 12.0. The van der Waals surface area contributed by atoms with Crippen LogP contribution in [0.2, 0.25) is 0 Å². The van der Waals surface area contributed by atoms with Gasteiger partial charge in [-0.3, -0.25) is 4.68 Å². The van der Waals surface area contributed by atoms with E-state index in [2.05, 4.69) is 28.1 Å². The number of carboxylic acids is 1. The number of carbonyl (C=O) groups excluding carboxylic acids is 1. The highest BCUT2D eigenvalue weighted by molar-refractivity contribution is 9.08. The number of para-hydroxylation sites is 2. The molecule has 6 aromatic rings. The quantitative estimate of drug-likeness (QED) is 0.0815. The third kappa shape index (κ3) is 8.57. The van der Waals surface area contributed by atoms with Gasteiger partial charge >= 0.3 is 12.1 Å². The lowest BCUT2D eigenvalue weighted by molar-refractivity contribution is 0.0294. The van der Waals surface area contributed by atoms with Gasteiger partial charge in [0.1, 0.15) is 35.1 Å². The molecule has 0 aliphatic carbocycles. The number of aromatic nitrogens is 3. The van der Waals surface area contributed by atoms with Crippen LogP contribution < -0.4 is 9.47 Å². The zero-order valence-corrected chi connectivity index (χ0v) is 33.1. The predicted molar refractivity (Wildman–Crippen MR) is 216 cm³/mol. The summed E-state index contributed by atoms with van der Waals surface area (Å²) in [7, 11) is 3.60. The number of hydrogen-bond acceptors (Lipinski definition) is 6. The average molecular weight is 796 g/mol. The number of benzene rings is 4. The summed E-state index contributed by atoms with van der Waals surface area (Å²) in [4.78, 5) is 27.6. The Balaban J connectivity index is 1.38. The number of halogens is 1. The van der Waals surface area contributed by atoms with Crippen molar-refractivity contribution in [1.82, 2.24) is 19.2 Å². The van der Waals surface area contributed by atoms with E-state index in [-0.39, 0.29) is 12.3 Å². The molecule has 54 heavy (non-hydrogen) atoms. The fourth-order valence-electron chi connectivity index (χ4n) is 6.91. The van der Waals surface area contributed by atoms with Gasteiger partial charge in [0, 0.05) is 54.4 Å². The Morgan fingerprint density at radius 1 is 0.889 bits per heavy atom. The predicted octanol–water partition coefficient (Wildman–Crippen LogP) is 9.64. The second-order valence-corrected chi connectivity index (χ2v) is 14.9. The molecule has 0 radical (unpaired) electrons. The molecule has 10 nitrogen and oxygen atoms in total. The monoisotopic (exact) mass is 794 g/mol. The van der Waals surface area contributed by atoms with Crippen molar-refractivity contribution in [3.63, 3.8) is 0 Å². The van der Waals surface area contributed by atoms with Crippen molar-refractivity contribution < 1.29 is 28.9 Å². The molecule has 11 heteroatoms. The van der Waals surface area contributed by atoms with Gasteiger partial charge in [0.25, 0.3) is 0 Å². The molecular weight excluding hydrogens is 748 g/mol. The van der Waals surface area contributed by atoms with Crippen LogP contribution in [0.25, 0.3) is 32.8 Å². The van der Waals surface area contributed by atoms with Crippen LogP contribution in [0.5, 0.6) is 11.5 Å². The maximum Gasteiger partial charge on any atom is 0.410 e. The highest BCUT2D eigenvalue weighted by Crippen LogP contribution is 2.39. The minimum Gasteiger partial charge on any atom is -0.493 e. The minimum atomic E-state index is -1.01. The Bertz CT molecular complexity index is 2250. The zero-order valence-electron chi connectivity index (χ0n) is 31.5. The van der Waals surface area contributed by atoms with E-state index in [1.54, 1.807) is 7.05 Å². The number of rotatable bonds is 15. The number of ether oxygens (including phenoxy) is 3. The molecule has 282 valence electrons. The van der Waals surface area contributed by atoms with E-state index >= 15 is 0 Å². The Labute approximate surface area is 324 Å². The molecule has 1 amide bonds. The molecule has 1 N–H and O–H groups in total. The molecule has 2 heterocycles. The Morgan fingerprint density at radius 3 is 2.33 bits per heavy atom. The number of fused-ring (bicyclic) bond motifs is 2. The number of alkyl halides is 1. The van der Waals surface area contributed by atoms with Gasteiger partial charge in [-0.25, -0.2) is 9.59 Å². The molecule has 4 aromatic carbocycles. The van der Waals surface area contributed by atoms with Gasteiger partial charge in [0.2, 0.25) is 0 Å². The molecular formula is C43H47BrN4O6. The number of carboxylic acid groups (broad SMARTS) is 1. The second-order valence-electron chi connectivity index (χ2n) is 14.3. The van der Waals surface area contributed by atoms with Crippen LogP contribution in [0, 0.1) is 0 Å². The first-order valence-electron chi connectivity index (χ1n) is 18.2. The maximum atomic E-state index is 13.3. The van der Waals surface area contributed by atoms with Gasteiger partial charge in [-0.1, -0.05) is 88.7 Å². The van der Waals surface area contributed by atoms with Crippen LogP contribution in [0.4, 0.5) is 4.79 Å². The van der Waals surface area contributed by atoms with E-state index in [9.17, 15) is 14.7 Å². The fourth-order valence-corrected chi connectivity index (χ4v) is 7.55. The van der Waals surface area contributed by atoms with E-state index in [0.717, 1.165) is 61.3 Å². The first-order chi connectivity index (χ1) is 26.0. The normalized spacial score (nSPS) is 11.6. The number of amides is 1. The summed E-state index contributed by atoms with van der Waals surface area (Å²) in [6.07, 6.45) is 1.16. The van der Waals surface area contributed by atoms with E-state index < -0.39 is 17.7 Å². The van der Waals surface area contributed by atoms with Crippen molar-refractivity contribution in [3.05, 3.63) is 114 Å². The molecule has 0 aliphatic rings. The standard InChI is InChI=1S/C43H47BrN4O6/c1-43(2,3)54-42(51)46(4)24-14-25-48-39-32(33(40(48)41(49)50)22-13-26-52-37-23-11-16-29-15-9-10-19-31(29)37)20-12-21-34(39)38-35(45-47(5)36(38)27-44)28-53-30-17-7-6-8-18-30/h6-12,15-21,23H,13-14,22,24-28H2,1-5H3,(H,49,50). The number of nitrogens with zero attached hydrogens (tertiary/aromatic N) is 4. The number of carbonyl (C=O) groups is 2. The summed E-state index contributed by atoms with van der Waals surface area (Å²) in [5, 5.41) is 19.3. The first kappa shape index (κ1) is 38.4. The highest BCUT2D eigenvalue weighted by atomic mass is 79.9. The third-order valence-electron chi connectivity index (χ3n) is 9.30. The van der Waals surface area contributed by atoms with Crippen LogP contribution in [-0.4, -0.2) is 62.2 Å². The molecule has 0 aliphatic heterocycles. The van der Waals surface area contributed by atoms with Crippen molar-refractivity contribution in [1.29, 1.82) is 0 Å². The molecule has 2 aromatic heterocycles. The zero-order chi connectivity index (χ0) is 38.4. The topological polar surface area (TPSA) is 108 Å². The number of aromatic carboxylic acids is 1. The summed E-state index contributed by atoms with van der Waals surface area (Å²) in [6, 6.07) is 29.7. The lowest BCUT2D eigenvalue weighted by Gasteiger charge is -2.24. The SMILES string of the molecule is CN(CCCn1c(C(=O)O)c(CCCOc2cccc3ccccc23)c2cccc(-c3c(COc4ccccc4)nn(C)c3CBr)c21)C(=O)OC(C)(C)C. The summed E-state index contributed by atoms with van der Waals surface area (Å²) in [6.45, 7) is 6.87. The summed E-state index contributed by atoms with van der Waals surface area (Å²) in [5.41, 5.74) is 4.58. The van der Waals surface area contributed by atoms with Crippen molar-refractivity contribution in [2.75, 3.05) is 20.2 Å². The minimum absolute atomic E-state index is 0.224. The molecule has 0 saturated carbocycles. The summed E-state index contributed by atoms with van der Waals surface area (Å²) >= 11 is 3.69. The molecule has 0 bridgehead atoms. The molecule has 0 fully saturated rings. The lowest BCUT2D eigenvalue weighted by Crippen LogP contribution is -2.35. The van der Waals surface area contributed by atoms with Crippen LogP contribution in [0.1, 0.15) is 61.1 Å². The van der Waals surface area contributed by atoms with E-state index in [1.807, 2.05) is 116 Å². The second kappa shape index (κ2) is 16.8. The molecule has 6 rings (SSSR count). The van der Waals surface area contributed by atoms with Gasteiger partial charge in [-0.15, -0.1) is 0 Å². The van der Waals surface area contributed by atoms with Gasteiger partial charge < -0.3 is 28.8 Å². The summed E-state index contributed by atoms with van der Waals surface area (Å²) < 4.78 is 21.8. The van der Waals surface area contributed by atoms with E-state index in [1.165, 1.54) is 4.90 Å². The van der Waals surface area contributed by atoms with E-state index in [0.29, 0.717) is 44.3 Å². The maximum absolute atomic E-state index is 13.3. The van der Waals surface area contributed by atoms with Crippen molar-refractivity contribution in [2.45, 2.75) is 64.1 Å². The van der Waals surface area contributed by atoms with Crippen molar-refractivity contribution in [2.24, 2.45) is 7.05 Å². The third-order valence-corrected chi connectivity index (χ3v) is 9.83. The van der Waals surface area contributed by atoms with Crippen LogP contribution in [0.3, 0.4) is 0 Å². The van der Waals surface area contributed by atoms with Gasteiger partial charge in [0.05, 0.1) is 17.8 Å². The van der Waals surface area contributed by atoms with Gasteiger partial charge in [0.15, 0.2) is 0 Å². The molecule has 0 spiro atoms. The molecule has 0 saturated heterocycles. The Hall–Kier alpha value is -5.29. The van der Waals surface area contributed by atoms with Crippen molar-refractivity contribution in [3.8, 4) is 22.6 Å². The summed E-state index contributed by atoms with van der Waals surface area (Å²) in [5.74, 6) is 0.517. The first-order valence-corrected chi connectivity index (χ1v) is 19.3. The smallest absolute Gasteiger partial charge is 0.410 e. The largest absolute Gasteiger partial charge is 0.493 e. The van der Waals surface area contributed by atoms with Crippen LogP contribution in [-0.2, 0) is 36.7 Å². The lowest BCUT2D eigenvalue weighted by atomic mass is 9.98. The van der Waals surface area contributed by atoms with Crippen LogP contribution >= 0.6 is 15.9 Å². The fraction of sp³-hybridized carbons (Fsp3) is 0.326. The van der Waals surface area contributed by atoms with E-state index in [4.69, 9.17) is 19.3 Å². The van der Waals surface area contributed by atoms with Crippen LogP contribution in [0.15, 0.2) is 91.0 Å². The number of hydrogen-bond donors (Lipinski definition) is 1. The highest BCUT2D eigenvalue weighted by Gasteiger charge is 2.28. The van der Waals surface area contributed by atoms with Crippen molar-refractivity contribution >= 4 is 49.7 Å². The van der Waals surface area contributed by atoms with Gasteiger partial charge in [-0.2, -0.15) is 5.10 Å². The molecule has 0 atom stereocenters. The average Bonchev–Trinajstić information content (AvgIpc) is 3.65. The molecule has 0 unspecified atom stereocenters. The van der Waals surface area contributed by atoms with Gasteiger partial charge in [-0.05, 0) is 69.2 Å².